The maximum absolute atomic E-state index is 12.2. The lowest BCUT2D eigenvalue weighted by molar-refractivity contribution is -0.145. The van der Waals surface area contributed by atoms with Gasteiger partial charge in [-0.1, -0.05) is 6.92 Å². The van der Waals surface area contributed by atoms with Crippen LogP contribution in [0, 0.1) is 0 Å². The zero-order chi connectivity index (χ0) is 15.2. The second kappa shape index (κ2) is 7.16. The predicted octanol–water partition coefficient (Wildman–Crippen LogP) is 0.463. The van der Waals surface area contributed by atoms with Gasteiger partial charge in [0.1, 0.15) is 12.4 Å². The summed E-state index contributed by atoms with van der Waals surface area (Å²) in [5, 5.41) is 15.3. The number of nitrogens with one attached hydrogen (secondary N) is 1. The fourth-order valence-corrected chi connectivity index (χ4v) is 2.30. The maximum Gasteiger partial charge on any atom is 0.329 e. The Labute approximate surface area is 122 Å². The van der Waals surface area contributed by atoms with Gasteiger partial charge in [-0.2, -0.15) is 0 Å². The van der Waals surface area contributed by atoms with E-state index < -0.39 is 5.97 Å². The molecule has 1 aliphatic heterocycles. The van der Waals surface area contributed by atoms with Crippen LogP contribution < -0.4 is 0 Å². The van der Waals surface area contributed by atoms with Crippen LogP contribution in [0.4, 0.5) is 0 Å². The monoisotopic (exact) mass is 296 g/mol. The van der Waals surface area contributed by atoms with Gasteiger partial charge in [0.15, 0.2) is 0 Å². The van der Waals surface area contributed by atoms with Crippen LogP contribution in [0.5, 0.6) is 0 Å². The predicted molar refractivity (Wildman–Crippen MR) is 72.9 cm³/mol. The highest BCUT2D eigenvalue weighted by Crippen LogP contribution is 2.15. The molecule has 0 atom stereocenters. The first-order chi connectivity index (χ1) is 10.1. The summed E-state index contributed by atoms with van der Waals surface area (Å²) in [6, 6.07) is 0. The van der Waals surface area contributed by atoms with Crippen molar-refractivity contribution >= 4 is 11.9 Å². The first-order valence-corrected chi connectivity index (χ1v) is 7.14. The van der Waals surface area contributed by atoms with E-state index in [1.807, 2.05) is 6.92 Å². The minimum absolute atomic E-state index is 0.104. The van der Waals surface area contributed by atoms with E-state index >= 15 is 0 Å². The number of piperidine rings is 1. The summed E-state index contributed by atoms with van der Waals surface area (Å²) < 4.78 is 5.24. The molecule has 0 aromatic carbocycles. The minimum Gasteiger partial charge on any atom is -0.480 e. The number of aryl methyl sites for hydroxylation is 1. The van der Waals surface area contributed by atoms with Gasteiger partial charge in [0.05, 0.1) is 6.10 Å². The Morgan fingerprint density at radius 2 is 2.14 bits per heavy atom. The van der Waals surface area contributed by atoms with Crippen molar-refractivity contribution in [2.24, 2.45) is 0 Å². The van der Waals surface area contributed by atoms with Crippen LogP contribution in [0.2, 0.25) is 0 Å². The van der Waals surface area contributed by atoms with Crippen LogP contribution in [0.25, 0.3) is 0 Å². The number of carbonyl (C=O) groups excluding carboxylic acids is 1. The zero-order valence-electron chi connectivity index (χ0n) is 12.0. The standard InChI is InChI=1S/C13H20N4O4/c1-2-3-10-14-12(16-15-10)13(20)17-6-4-9(5-7-17)21-8-11(18)19/h9H,2-8H2,1H3,(H,18,19)(H,14,15,16). The molecule has 8 heteroatoms. The van der Waals surface area contributed by atoms with Crippen LogP contribution in [0.15, 0.2) is 0 Å². The summed E-state index contributed by atoms with van der Waals surface area (Å²) in [5.41, 5.74) is 0. The van der Waals surface area contributed by atoms with Crippen molar-refractivity contribution in [3.8, 4) is 0 Å². The van der Waals surface area contributed by atoms with Gasteiger partial charge in [-0.05, 0) is 19.3 Å². The number of carboxylic acid groups (broad SMARTS) is 1. The van der Waals surface area contributed by atoms with Gasteiger partial charge >= 0.3 is 5.97 Å². The lowest BCUT2D eigenvalue weighted by atomic mass is 10.1. The van der Waals surface area contributed by atoms with E-state index in [-0.39, 0.29) is 24.4 Å². The number of carboxylic acids is 1. The van der Waals surface area contributed by atoms with Gasteiger partial charge < -0.3 is 14.7 Å². The number of H-pyrrole nitrogens is 1. The average molecular weight is 296 g/mol. The van der Waals surface area contributed by atoms with Gasteiger partial charge in [-0.15, -0.1) is 5.10 Å². The Morgan fingerprint density at radius 3 is 2.76 bits per heavy atom. The first-order valence-electron chi connectivity index (χ1n) is 7.14. The second-order valence-electron chi connectivity index (χ2n) is 5.05. The number of rotatable bonds is 6. The number of aromatic nitrogens is 3. The Kier molecular flexibility index (Phi) is 5.26. The SMILES string of the molecule is CCCc1nc(C(=O)N2CCC(OCC(=O)O)CC2)n[nH]1. The van der Waals surface area contributed by atoms with Crippen LogP contribution in [0.1, 0.15) is 42.6 Å². The molecule has 1 fully saturated rings. The maximum atomic E-state index is 12.2. The number of amides is 1. The summed E-state index contributed by atoms with van der Waals surface area (Å²) in [6.07, 6.45) is 2.87. The molecule has 0 aliphatic carbocycles. The molecule has 1 amide bonds. The zero-order valence-corrected chi connectivity index (χ0v) is 12.0. The molecule has 2 N–H and O–H groups in total. The summed E-state index contributed by atoms with van der Waals surface area (Å²) in [4.78, 5) is 28.5. The van der Waals surface area contributed by atoms with Gasteiger partial charge in [-0.25, -0.2) is 9.78 Å². The molecule has 8 nitrogen and oxygen atoms in total. The highest BCUT2D eigenvalue weighted by molar-refractivity contribution is 5.90. The molecule has 1 aliphatic rings. The van der Waals surface area contributed by atoms with Crippen molar-refractivity contribution in [1.29, 1.82) is 0 Å². The molecule has 0 unspecified atom stereocenters. The molecule has 0 spiro atoms. The fourth-order valence-electron chi connectivity index (χ4n) is 2.30. The van der Waals surface area contributed by atoms with E-state index in [1.54, 1.807) is 4.90 Å². The van der Waals surface area contributed by atoms with E-state index in [1.165, 1.54) is 0 Å². The van der Waals surface area contributed by atoms with Crippen LogP contribution in [0.3, 0.4) is 0 Å². The quantitative estimate of drug-likeness (QED) is 0.789. The van der Waals surface area contributed by atoms with Crippen LogP contribution >= 0.6 is 0 Å². The van der Waals surface area contributed by atoms with E-state index in [9.17, 15) is 9.59 Å². The Hall–Kier alpha value is -1.96. The highest BCUT2D eigenvalue weighted by Gasteiger charge is 2.26. The highest BCUT2D eigenvalue weighted by atomic mass is 16.5. The third kappa shape index (κ3) is 4.25. The molecule has 1 aromatic rings. The van der Waals surface area contributed by atoms with Crippen molar-refractivity contribution in [2.75, 3.05) is 19.7 Å². The number of likely N-dealkylation sites (tertiary alicyclic amines) is 1. The van der Waals surface area contributed by atoms with E-state index in [0.29, 0.717) is 25.9 Å². The minimum atomic E-state index is -0.974. The molecule has 0 bridgehead atoms. The molecule has 0 radical (unpaired) electrons. The van der Waals surface area contributed by atoms with Crippen molar-refractivity contribution in [3.63, 3.8) is 0 Å². The largest absolute Gasteiger partial charge is 0.480 e. The van der Waals surface area contributed by atoms with Crippen LogP contribution in [-0.4, -0.2) is 62.9 Å². The van der Waals surface area contributed by atoms with Gasteiger partial charge in [0, 0.05) is 19.5 Å². The second-order valence-corrected chi connectivity index (χ2v) is 5.05. The molecule has 21 heavy (non-hydrogen) atoms. The van der Waals surface area contributed by atoms with E-state index in [2.05, 4.69) is 15.2 Å². The van der Waals surface area contributed by atoms with Crippen LogP contribution in [-0.2, 0) is 16.0 Å². The third-order valence-electron chi connectivity index (χ3n) is 3.38. The smallest absolute Gasteiger partial charge is 0.329 e. The molecular weight excluding hydrogens is 276 g/mol. The van der Waals surface area contributed by atoms with Crippen molar-refractivity contribution in [3.05, 3.63) is 11.6 Å². The van der Waals surface area contributed by atoms with Crippen molar-refractivity contribution in [2.45, 2.75) is 38.7 Å². The molecule has 2 rings (SSSR count). The first kappa shape index (κ1) is 15.4. The molecule has 116 valence electrons. The number of nitrogens with zero attached hydrogens (tertiary/aromatic N) is 3. The third-order valence-corrected chi connectivity index (χ3v) is 3.38. The number of ether oxygens (including phenoxy) is 1. The number of carbonyl (C=O) groups is 2. The number of aliphatic carboxylic acids is 1. The summed E-state index contributed by atoms with van der Waals surface area (Å²) in [5.74, 6) is -0.244. The lowest BCUT2D eigenvalue weighted by Crippen LogP contribution is -2.41. The normalized spacial score (nSPS) is 16.1. The Bertz CT molecular complexity index is 494. The Morgan fingerprint density at radius 1 is 1.43 bits per heavy atom. The van der Waals surface area contributed by atoms with Gasteiger partial charge in [0.2, 0.25) is 5.82 Å². The molecule has 1 aromatic heterocycles. The van der Waals surface area contributed by atoms with E-state index in [0.717, 1.165) is 18.7 Å². The number of hydrogen-bond donors (Lipinski definition) is 2. The summed E-state index contributed by atoms with van der Waals surface area (Å²) in [7, 11) is 0. The van der Waals surface area contributed by atoms with E-state index in [4.69, 9.17) is 9.84 Å². The summed E-state index contributed by atoms with van der Waals surface area (Å²) in [6.45, 7) is 2.80. The number of hydrogen-bond acceptors (Lipinski definition) is 5. The van der Waals surface area contributed by atoms with Gasteiger partial charge in [-0.3, -0.25) is 9.89 Å². The van der Waals surface area contributed by atoms with Gasteiger partial charge in [0.25, 0.3) is 5.91 Å². The topological polar surface area (TPSA) is 108 Å². The average Bonchev–Trinajstić information content (AvgIpc) is 2.94. The molecule has 0 saturated carbocycles. The summed E-state index contributed by atoms with van der Waals surface area (Å²) >= 11 is 0. The fraction of sp³-hybridized carbons (Fsp3) is 0.692. The molecular formula is C13H20N4O4. The molecule has 2 heterocycles. The Balaban J connectivity index is 1.83. The van der Waals surface area contributed by atoms with Crippen molar-refractivity contribution in [1.82, 2.24) is 20.1 Å². The lowest BCUT2D eigenvalue weighted by Gasteiger charge is -2.30. The molecule has 1 saturated heterocycles. The number of aromatic amines is 1. The van der Waals surface area contributed by atoms with Crippen molar-refractivity contribution < 1.29 is 19.4 Å².